The number of hydrogen-bond donors (Lipinski definition) is 3. The van der Waals surface area contributed by atoms with Gasteiger partial charge in [0, 0.05) is 22.4 Å². The molecule has 13 nitrogen and oxygen atoms in total. The zero-order chi connectivity index (χ0) is 23.6. The summed E-state index contributed by atoms with van der Waals surface area (Å²) in [4.78, 5) is 50.6. The van der Waals surface area contributed by atoms with Gasteiger partial charge in [-0.25, -0.2) is 13.2 Å². The minimum absolute atomic E-state index is 0.252. The molecule has 0 saturated heterocycles. The van der Waals surface area contributed by atoms with Crippen LogP contribution >= 0.6 is 10.7 Å². The number of benzene rings is 2. The lowest BCUT2D eigenvalue weighted by molar-refractivity contribution is -0.384. The number of hydrogen-bond acceptors (Lipinski definition) is 9. The maximum Gasteiger partial charge on any atom is 0.323 e. The number of nitro groups is 1. The Morgan fingerprint density at radius 2 is 1.84 bits per heavy atom. The number of rotatable bonds is 7. The minimum atomic E-state index is -4.23. The van der Waals surface area contributed by atoms with E-state index in [0.29, 0.717) is 17.1 Å². The standard InChI is InChI=1S/C17H13ClN6O7S/c1-8(25)15(16(26)19-9-2-4-11-13(6-9)21-17(27)20-11)23-22-12-5-3-10(32(18,30)31)7-14(12)24(28)29/h2-7,15H,1H3,(H,19,26)(H2,20,21,27). The second-order valence-electron chi connectivity index (χ2n) is 6.40. The van der Waals surface area contributed by atoms with Gasteiger partial charge in [0.05, 0.1) is 20.9 Å². The lowest BCUT2D eigenvalue weighted by Gasteiger charge is -2.09. The highest BCUT2D eigenvalue weighted by Crippen LogP contribution is 2.31. The van der Waals surface area contributed by atoms with E-state index < -0.39 is 48.0 Å². The van der Waals surface area contributed by atoms with Gasteiger partial charge >= 0.3 is 5.69 Å². The van der Waals surface area contributed by atoms with Crippen molar-refractivity contribution < 1.29 is 22.9 Å². The maximum atomic E-state index is 12.5. The first-order valence-electron chi connectivity index (χ1n) is 8.63. The second kappa shape index (κ2) is 8.68. The number of amides is 1. The number of carbonyl (C=O) groups is 2. The van der Waals surface area contributed by atoms with E-state index in [4.69, 9.17) is 10.7 Å². The third-order valence-electron chi connectivity index (χ3n) is 4.12. The number of aromatic amines is 2. The molecule has 1 amide bonds. The number of carbonyl (C=O) groups excluding carboxylic acids is 2. The third-order valence-corrected chi connectivity index (χ3v) is 5.47. The molecule has 15 heteroatoms. The number of aromatic nitrogens is 2. The van der Waals surface area contributed by atoms with Crippen LogP contribution in [0.1, 0.15) is 6.92 Å². The first-order chi connectivity index (χ1) is 15.0. The van der Waals surface area contributed by atoms with Crippen LogP contribution in [0.15, 0.2) is 56.3 Å². The number of anilines is 1. The number of fused-ring (bicyclic) bond motifs is 1. The van der Waals surface area contributed by atoms with Crippen molar-refractivity contribution in [2.24, 2.45) is 10.2 Å². The first kappa shape index (κ1) is 22.8. The van der Waals surface area contributed by atoms with Crippen molar-refractivity contribution in [3.8, 4) is 0 Å². The molecule has 0 aliphatic rings. The summed E-state index contributed by atoms with van der Waals surface area (Å²) in [5, 5.41) is 20.9. The van der Waals surface area contributed by atoms with Crippen LogP contribution in [0.5, 0.6) is 0 Å². The number of imidazole rings is 1. The smallest absolute Gasteiger partial charge is 0.323 e. The van der Waals surface area contributed by atoms with Crippen molar-refractivity contribution in [2.75, 3.05) is 5.32 Å². The van der Waals surface area contributed by atoms with Crippen LogP contribution in [0.3, 0.4) is 0 Å². The van der Waals surface area contributed by atoms with E-state index in [0.717, 1.165) is 19.1 Å². The molecular weight excluding hydrogens is 468 g/mol. The molecule has 1 unspecified atom stereocenters. The molecule has 1 aromatic heterocycles. The van der Waals surface area contributed by atoms with Crippen LogP contribution < -0.4 is 11.0 Å². The number of ketones is 1. The van der Waals surface area contributed by atoms with Crippen molar-refractivity contribution in [3.05, 3.63) is 57.0 Å². The van der Waals surface area contributed by atoms with Crippen LogP contribution in [0.25, 0.3) is 11.0 Å². The van der Waals surface area contributed by atoms with Gasteiger partial charge in [0.15, 0.2) is 11.5 Å². The Labute approximate surface area is 183 Å². The van der Waals surface area contributed by atoms with Crippen molar-refractivity contribution in [1.29, 1.82) is 0 Å². The highest BCUT2D eigenvalue weighted by molar-refractivity contribution is 8.13. The molecule has 32 heavy (non-hydrogen) atoms. The Morgan fingerprint density at radius 1 is 1.16 bits per heavy atom. The van der Waals surface area contributed by atoms with E-state index in [1.165, 1.54) is 18.2 Å². The average molecular weight is 481 g/mol. The Morgan fingerprint density at radius 3 is 2.47 bits per heavy atom. The van der Waals surface area contributed by atoms with Crippen LogP contribution in [0, 0.1) is 10.1 Å². The van der Waals surface area contributed by atoms with Crippen LogP contribution in [0.4, 0.5) is 17.1 Å². The molecule has 1 heterocycles. The molecule has 0 fully saturated rings. The highest BCUT2D eigenvalue weighted by atomic mass is 35.7. The van der Waals surface area contributed by atoms with Crippen molar-refractivity contribution in [3.63, 3.8) is 0 Å². The molecular formula is C17H13ClN6O7S. The van der Waals surface area contributed by atoms with E-state index >= 15 is 0 Å². The average Bonchev–Trinajstić information content (AvgIpc) is 3.06. The van der Waals surface area contributed by atoms with Crippen molar-refractivity contribution >= 4 is 59.5 Å². The number of Topliss-reactive ketones (excluding diaryl/α,β-unsaturated/α-hetero) is 1. The molecule has 3 rings (SSSR count). The molecule has 2 aromatic carbocycles. The molecule has 0 bridgehead atoms. The summed E-state index contributed by atoms with van der Waals surface area (Å²) >= 11 is 0. The van der Waals surface area contributed by atoms with Crippen LogP contribution in [-0.2, 0) is 18.6 Å². The summed E-state index contributed by atoms with van der Waals surface area (Å²) in [6.45, 7) is 1.08. The molecule has 0 radical (unpaired) electrons. The Bertz CT molecular complexity index is 1440. The van der Waals surface area contributed by atoms with Gasteiger partial charge in [-0.15, -0.1) is 5.11 Å². The molecule has 3 aromatic rings. The van der Waals surface area contributed by atoms with Crippen molar-refractivity contribution in [2.45, 2.75) is 17.9 Å². The van der Waals surface area contributed by atoms with E-state index in [2.05, 4.69) is 25.5 Å². The summed E-state index contributed by atoms with van der Waals surface area (Å²) in [7, 11) is 0.960. The largest absolute Gasteiger partial charge is 0.324 e. The molecule has 0 saturated carbocycles. The van der Waals surface area contributed by atoms with Gasteiger partial charge in [-0.1, -0.05) is 0 Å². The predicted octanol–water partition coefficient (Wildman–Crippen LogP) is 2.37. The second-order valence-corrected chi connectivity index (χ2v) is 8.97. The number of nitro benzene ring substituents is 1. The first-order valence-corrected chi connectivity index (χ1v) is 10.9. The Balaban J connectivity index is 1.88. The Kier molecular flexibility index (Phi) is 6.18. The summed E-state index contributed by atoms with van der Waals surface area (Å²) in [5.41, 5.74) is -0.385. The van der Waals surface area contributed by atoms with Crippen LogP contribution in [-0.4, -0.2) is 41.0 Å². The van der Waals surface area contributed by atoms with E-state index in [1.807, 2.05) is 0 Å². The summed E-state index contributed by atoms with van der Waals surface area (Å²) in [5.74, 6) is -1.58. The predicted molar refractivity (Wildman–Crippen MR) is 113 cm³/mol. The monoisotopic (exact) mass is 480 g/mol. The molecule has 1 atom stereocenters. The summed E-state index contributed by atoms with van der Waals surface area (Å²) in [6, 6.07) is 5.45. The maximum absolute atomic E-state index is 12.5. The fraction of sp³-hybridized carbons (Fsp3) is 0.118. The van der Waals surface area contributed by atoms with E-state index in [1.54, 1.807) is 0 Å². The van der Waals surface area contributed by atoms with Crippen molar-refractivity contribution in [1.82, 2.24) is 9.97 Å². The molecule has 166 valence electrons. The zero-order valence-corrected chi connectivity index (χ0v) is 17.6. The third kappa shape index (κ3) is 5.04. The van der Waals surface area contributed by atoms with Gasteiger partial charge in [0.25, 0.3) is 20.6 Å². The highest BCUT2D eigenvalue weighted by Gasteiger charge is 2.25. The fourth-order valence-corrected chi connectivity index (χ4v) is 3.42. The van der Waals surface area contributed by atoms with Gasteiger partial charge < -0.3 is 15.3 Å². The molecule has 3 N–H and O–H groups in total. The molecule has 0 aliphatic heterocycles. The normalized spacial score (nSPS) is 12.7. The minimum Gasteiger partial charge on any atom is -0.324 e. The molecule has 0 aliphatic carbocycles. The van der Waals surface area contributed by atoms with E-state index in [-0.39, 0.29) is 11.4 Å². The number of nitrogens with zero attached hydrogens (tertiary/aromatic N) is 3. The number of H-pyrrole nitrogens is 2. The topological polar surface area (TPSA) is 197 Å². The summed E-state index contributed by atoms with van der Waals surface area (Å²) in [6.07, 6.45) is 0. The van der Waals surface area contributed by atoms with Gasteiger partial charge in [0.1, 0.15) is 0 Å². The number of azo groups is 1. The molecule has 0 spiro atoms. The number of nitrogens with one attached hydrogen (secondary N) is 3. The SMILES string of the molecule is CC(=O)C(N=Nc1ccc(S(=O)(=O)Cl)cc1[N+](=O)[O-])C(=O)Nc1ccc2[nH]c(=O)[nH]c2c1. The Hall–Kier alpha value is -3.91. The lowest BCUT2D eigenvalue weighted by Crippen LogP contribution is -2.31. The van der Waals surface area contributed by atoms with Gasteiger partial charge in [-0.05, 0) is 37.3 Å². The fourth-order valence-electron chi connectivity index (χ4n) is 2.64. The number of halogens is 1. The van der Waals surface area contributed by atoms with Gasteiger partial charge in [-0.2, -0.15) is 5.11 Å². The van der Waals surface area contributed by atoms with E-state index in [9.17, 15) is 32.9 Å². The van der Waals surface area contributed by atoms with Gasteiger partial charge in [0.2, 0.25) is 6.04 Å². The quantitative estimate of drug-likeness (QED) is 0.151. The van der Waals surface area contributed by atoms with Crippen LogP contribution in [0.2, 0.25) is 0 Å². The zero-order valence-electron chi connectivity index (χ0n) is 16.0. The lowest BCUT2D eigenvalue weighted by atomic mass is 10.2. The summed E-state index contributed by atoms with van der Waals surface area (Å²) < 4.78 is 22.8. The van der Waals surface area contributed by atoms with Gasteiger partial charge in [-0.3, -0.25) is 19.7 Å².